The van der Waals surface area contributed by atoms with E-state index < -0.39 is 11.7 Å². The highest BCUT2D eigenvalue weighted by atomic mass is 16.6. The maximum atomic E-state index is 11.6. The number of aliphatic hydroxyl groups excluding tert-OH is 1. The molecule has 82 valence electrons. The summed E-state index contributed by atoms with van der Waals surface area (Å²) in [5.41, 5.74) is -0.451. The van der Waals surface area contributed by atoms with Gasteiger partial charge in [0.1, 0.15) is 6.10 Å². The zero-order chi connectivity index (χ0) is 10.8. The Hall–Kier alpha value is -0.610. The highest BCUT2D eigenvalue weighted by Gasteiger charge is 2.33. The van der Waals surface area contributed by atoms with Gasteiger partial charge in [0.2, 0.25) is 0 Å². The van der Waals surface area contributed by atoms with Crippen LogP contribution in [-0.4, -0.2) is 30.1 Å². The first-order chi connectivity index (χ1) is 6.45. The fraction of sp³-hybridized carbons (Fsp3) is 0.900. The van der Waals surface area contributed by atoms with E-state index in [-0.39, 0.29) is 12.1 Å². The van der Waals surface area contributed by atoms with E-state index in [0.29, 0.717) is 13.0 Å². The lowest BCUT2D eigenvalue weighted by atomic mass is 9.90. The van der Waals surface area contributed by atoms with Crippen LogP contribution in [-0.2, 0) is 14.3 Å². The average Bonchev–Trinajstić information content (AvgIpc) is 2.51. The number of hydrogen-bond donors (Lipinski definition) is 1. The molecule has 4 nitrogen and oxygen atoms in total. The first kappa shape index (κ1) is 11.5. The molecule has 1 heterocycles. The van der Waals surface area contributed by atoms with E-state index in [9.17, 15) is 4.79 Å². The number of esters is 1. The van der Waals surface area contributed by atoms with Crippen LogP contribution in [0, 0.1) is 5.41 Å². The van der Waals surface area contributed by atoms with Gasteiger partial charge in [0.05, 0.1) is 12.0 Å². The molecule has 0 spiro atoms. The third-order valence-electron chi connectivity index (χ3n) is 2.65. The summed E-state index contributed by atoms with van der Waals surface area (Å²) in [7, 11) is 0. The van der Waals surface area contributed by atoms with Crippen molar-refractivity contribution in [2.24, 2.45) is 5.41 Å². The molecule has 0 amide bonds. The van der Waals surface area contributed by atoms with Crippen LogP contribution in [0.2, 0.25) is 0 Å². The SMILES string of the molecule is CCC(C)(C)C(=O)OC1COC(O)C1. The first-order valence-electron chi connectivity index (χ1n) is 4.96. The van der Waals surface area contributed by atoms with Crippen LogP contribution in [0.4, 0.5) is 0 Å². The number of rotatable bonds is 3. The fourth-order valence-corrected chi connectivity index (χ4v) is 1.12. The van der Waals surface area contributed by atoms with E-state index in [1.807, 2.05) is 20.8 Å². The van der Waals surface area contributed by atoms with Crippen LogP contribution >= 0.6 is 0 Å². The third kappa shape index (κ3) is 2.69. The van der Waals surface area contributed by atoms with Crippen LogP contribution in [0.25, 0.3) is 0 Å². The van der Waals surface area contributed by atoms with Crippen LogP contribution in [0.1, 0.15) is 33.6 Å². The number of hydrogen-bond acceptors (Lipinski definition) is 4. The smallest absolute Gasteiger partial charge is 0.311 e. The Bertz CT molecular complexity index is 212. The molecular formula is C10H18O4. The maximum Gasteiger partial charge on any atom is 0.311 e. The summed E-state index contributed by atoms with van der Waals surface area (Å²) in [6.45, 7) is 5.94. The predicted octanol–water partition coefficient (Wildman–Crippen LogP) is 1.07. The van der Waals surface area contributed by atoms with E-state index in [4.69, 9.17) is 14.6 Å². The van der Waals surface area contributed by atoms with Gasteiger partial charge in [0.15, 0.2) is 6.29 Å². The van der Waals surface area contributed by atoms with Crippen molar-refractivity contribution in [3.63, 3.8) is 0 Å². The summed E-state index contributed by atoms with van der Waals surface area (Å²) < 4.78 is 10.1. The average molecular weight is 202 g/mol. The Labute approximate surface area is 84.2 Å². The second kappa shape index (κ2) is 4.28. The van der Waals surface area contributed by atoms with Gasteiger partial charge in [-0.25, -0.2) is 0 Å². The molecule has 2 atom stereocenters. The van der Waals surface area contributed by atoms with Crippen LogP contribution < -0.4 is 0 Å². The van der Waals surface area contributed by atoms with Gasteiger partial charge >= 0.3 is 5.97 Å². The second-order valence-corrected chi connectivity index (χ2v) is 4.29. The van der Waals surface area contributed by atoms with E-state index in [0.717, 1.165) is 6.42 Å². The minimum Gasteiger partial charge on any atom is -0.459 e. The van der Waals surface area contributed by atoms with E-state index in [2.05, 4.69) is 0 Å². The van der Waals surface area contributed by atoms with E-state index in [1.54, 1.807) is 0 Å². The Morgan fingerprint density at radius 2 is 2.29 bits per heavy atom. The Kier molecular flexibility index (Phi) is 3.50. The molecule has 1 N–H and O–H groups in total. The molecule has 0 radical (unpaired) electrons. The molecule has 4 heteroatoms. The minimum atomic E-state index is -0.780. The zero-order valence-electron chi connectivity index (χ0n) is 8.95. The maximum absolute atomic E-state index is 11.6. The van der Waals surface area contributed by atoms with Gasteiger partial charge in [-0.05, 0) is 20.3 Å². The highest BCUT2D eigenvalue weighted by molar-refractivity contribution is 5.76. The number of ether oxygens (including phenoxy) is 2. The highest BCUT2D eigenvalue weighted by Crippen LogP contribution is 2.24. The molecule has 14 heavy (non-hydrogen) atoms. The van der Waals surface area contributed by atoms with Crippen LogP contribution in [0.5, 0.6) is 0 Å². The molecule has 0 saturated carbocycles. The summed E-state index contributed by atoms with van der Waals surface area (Å²) >= 11 is 0. The summed E-state index contributed by atoms with van der Waals surface area (Å²) in [6.07, 6.45) is 0.0499. The van der Waals surface area contributed by atoms with Gasteiger partial charge < -0.3 is 14.6 Å². The van der Waals surface area contributed by atoms with Crippen molar-refractivity contribution in [2.75, 3.05) is 6.61 Å². The molecule has 1 saturated heterocycles. The summed E-state index contributed by atoms with van der Waals surface area (Å²) in [5, 5.41) is 9.06. The fourth-order valence-electron chi connectivity index (χ4n) is 1.12. The molecule has 1 rings (SSSR count). The lowest BCUT2D eigenvalue weighted by Gasteiger charge is -2.22. The molecule has 0 bridgehead atoms. The Balaban J connectivity index is 2.41. The van der Waals surface area contributed by atoms with Crippen molar-refractivity contribution in [1.82, 2.24) is 0 Å². The van der Waals surface area contributed by atoms with Crippen molar-refractivity contribution in [3.05, 3.63) is 0 Å². The lowest BCUT2D eigenvalue weighted by Crippen LogP contribution is -2.30. The normalized spacial score (nSPS) is 27.7. The summed E-state index contributed by atoms with van der Waals surface area (Å²) in [5.74, 6) is -0.220. The Morgan fingerprint density at radius 1 is 1.64 bits per heavy atom. The van der Waals surface area contributed by atoms with Gasteiger partial charge in [0.25, 0.3) is 0 Å². The van der Waals surface area contributed by atoms with Gasteiger partial charge in [-0.3, -0.25) is 4.79 Å². The summed E-state index contributed by atoms with van der Waals surface area (Å²) in [4.78, 5) is 11.6. The van der Waals surface area contributed by atoms with Crippen LogP contribution in [0.3, 0.4) is 0 Å². The zero-order valence-corrected chi connectivity index (χ0v) is 8.95. The van der Waals surface area contributed by atoms with E-state index in [1.165, 1.54) is 0 Å². The lowest BCUT2D eigenvalue weighted by molar-refractivity contribution is -0.159. The van der Waals surface area contributed by atoms with Crippen molar-refractivity contribution < 1.29 is 19.4 Å². The quantitative estimate of drug-likeness (QED) is 0.695. The molecular weight excluding hydrogens is 184 g/mol. The third-order valence-corrected chi connectivity index (χ3v) is 2.65. The molecule has 2 unspecified atom stereocenters. The number of carbonyl (C=O) groups excluding carboxylic acids is 1. The van der Waals surface area contributed by atoms with Gasteiger partial charge in [-0.2, -0.15) is 0 Å². The molecule has 1 aliphatic rings. The van der Waals surface area contributed by atoms with Crippen molar-refractivity contribution in [1.29, 1.82) is 0 Å². The minimum absolute atomic E-state index is 0.220. The van der Waals surface area contributed by atoms with Crippen molar-refractivity contribution >= 4 is 5.97 Å². The number of carbonyl (C=O) groups is 1. The van der Waals surface area contributed by atoms with Gasteiger partial charge in [0, 0.05) is 6.42 Å². The first-order valence-corrected chi connectivity index (χ1v) is 4.96. The molecule has 0 aromatic carbocycles. The topological polar surface area (TPSA) is 55.8 Å². The predicted molar refractivity (Wildman–Crippen MR) is 50.5 cm³/mol. The van der Waals surface area contributed by atoms with E-state index >= 15 is 0 Å². The Morgan fingerprint density at radius 3 is 2.71 bits per heavy atom. The standard InChI is InChI=1S/C10H18O4/c1-4-10(2,3)9(12)14-7-5-8(11)13-6-7/h7-8,11H,4-6H2,1-3H3. The molecule has 0 aliphatic carbocycles. The summed E-state index contributed by atoms with van der Waals surface area (Å²) in [6, 6.07) is 0. The van der Waals surface area contributed by atoms with Gasteiger partial charge in [-0.15, -0.1) is 0 Å². The van der Waals surface area contributed by atoms with Crippen molar-refractivity contribution in [3.8, 4) is 0 Å². The second-order valence-electron chi connectivity index (χ2n) is 4.29. The van der Waals surface area contributed by atoms with Gasteiger partial charge in [-0.1, -0.05) is 6.92 Å². The van der Waals surface area contributed by atoms with Crippen molar-refractivity contribution in [2.45, 2.75) is 46.0 Å². The van der Waals surface area contributed by atoms with Crippen LogP contribution in [0.15, 0.2) is 0 Å². The molecule has 1 fully saturated rings. The molecule has 0 aromatic rings. The number of aliphatic hydroxyl groups is 1. The molecule has 1 aliphatic heterocycles. The largest absolute Gasteiger partial charge is 0.459 e. The molecule has 0 aromatic heterocycles. The monoisotopic (exact) mass is 202 g/mol.